The summed E-state index contributed by atoms with van der Waals surface area (Å²) in [4.78, 5) is 4.50. The van der Waals surface area contributed by atoms with Crippen molar-refractivity contribution in [2.75, 3.05) is 13.4 Å². The van der Waals surface area contributed by atoms with Gasteiger partial charge in [0, 0.05) is 11.2 Å². The fourth-order valence-electron chi connectivity index (χ4n) is 2.99. The van der Waals surface area contributed by atoms with Crippen LogP contribution in [0.2, 0.25) is 5.02 Å². The first kappa shape index (κ1) is 22.6. The second-order valence-corrected chi connectivity index (χ2v) is 8.14. The van der Waals surface area contributed by atoms with Crippen LogP contribution in [0.25, 0.3) is 0 Å². The number of nitrogens with zero attached hydrogens (tertiary/aromatic N) is 3. The maximum absolute atomic E-state index is 9.19. The average Bonchev–Trinajstić information content (AvgIpc) is 2.64. The van der Waals surface area contributed by atoms with E-state index in [0.29, 0.717) is 18.4 Å². The number of fused-ring (bicyclic) bond motifs is 1. The minimum atomic E-state index is -3.67. The fourth-order valence-corrected chi connectivity index (χ4v) is 3.28. The molecule has 0 aliphatic heterocycles. The molecule has 1 unspecified atom stereocenters. The minimum absolute atomic E-state index is 0.0909. The highest BCUT2D eigenvalue weighted by Gasteiger charge is 2.29. The summed E-state index contributed by atoms with van der Waals surface area (Å²) in [5, 5.41) is 8.78. The largest absolute Gasteiger partial charge is 0.496 e. The summed E-state index contributed by atoms with van der Waals surface area (Å²) in [6.45, 7) is 0. The zero-order chi connectivity index (χ0) is 21.6. The Hall–Kier alpha value is -2.69. The van der Waals surface area contributed by atoms with Crippen molar-refractivity contribution in [2.24, 2.45) is 21.7 Å². The third-order valence-corrected chi connectivity index (χ3v) is 4.35. The predicted octanol–water partition coefficient (Wildman–Crippen LogP) is 1.96. The van der Waals surface area contributed by atoms with Crippen LogP contribution in [0, 0.1) is 0 Å². The van der Waals surface area contributed by atoms with E-state index in [1.54, 1.807) is 19.4 Å². The average molecular weight is 440 g/mol. The van der Waals surface area contributed by atoms with Crippen LogP contribution in [0.4, 0.5) is 0 Å². The van der Waals surface area contributed by atoms with Crippen molar-refractivity contribution >= 4 is 33.4 Å². The van der Waals surface area contributed by atoms with E-state index in [9.17, 15) is 8.42 Å². The molecule has 1 aromatic heterocycles. The molecule has 29 heavy (non-hydrogen) atoms. The molecule has 1 heterocycles. The Balaban J connectivity index is 0.000000537. The maximum atomic E-state index is 9.19. The molecule has 1 aromatic carbocycles. The van der Waals surface area contributed by atoms with Crippen LogP contribution < -0.4 is 16.2 Å². The quantitative estimate of drug-likeness (QED) is 0.286. The lowest BCUT2D eigenvalue weighted by Crippen LogP contribution is -2.24. The number of halogens is 1. The molecule has 3 rings (SSSR count). The third kappa shape index (κ3) is 6.70. The van der Waals surface area contributed by atoms with Crippen molar-refractivity contribution in [2.45, 2.75) is 18.8 Å². The molecule has 1 atom stereocenters. The predicted molar refractivity (Wildman–Crippen MR) is 113 cm³/mol. The normalized spacial score (nSPS) is 17.0. The van der Waals surface area contributed by atoms with Crippen molar-refractivity contribution in [3.8, 4) is 5.75 Å². The summed E-state index contributed by atoms with van der Waals surface area (Å²) in [6, 6.07) is 9.61. The molecule has 0 radical (unpaired) electrons. The van der Waals surface area contributed by atoms with E-state index >= 15 is 0 Å². The summed E-state index contributed by atoms with van der Waals surface area (Å²) < 4.78 is 31.3. The van der Waals surface area contributed by atoms with Gasteiger partial charge in [-0.05, 0) is 36.5 Å². The fraction of sp³-hybridized carbons (Fsp3) is 0.278. The monoisotopic (exact) mass is 439 g/mol. The molecule has 0 fully saturated rings. The van der Waals surface area contributed by atoms with Crippen LogP contribution in [0.1, 0.15) is 29.2 Å². The van der Waals surface area contributed by atoms with Gasteiger partial charge < -0.3 is 16.2 Å². The summed E-state index contributed by atoms with van der Waals surface area (Å²) in [7, 11) is -2.05. The zero-order valence-electron chi connectivity index (χ0n) is 15.9. The van der Waals surface area contributed by atoms with Gasteiger partial charge in [0.15, 0.2) is 0 Å². The molecule has 1 aliphatic carbocycles. The second kappa shape index (κ2) is 9.68. The third-order valence-electron chi connectivity index (χ3n) is 4.01. The van der Waals surface area contributed by atoms with Crippen molar-refractivity contribution in [1.82, 2.24) is 4.98 Å². The Bertz CT molecular complexity index is 1030. The van der Waals surface area contributed by atoms with Gasteiger partial charge >= 0.3 is 0 Å². The number of methoxy groups -OCH3 is 1. The zero-order valence-corrected chi connectivity index (χ0v) is 17.5. The van der Waals surface area contributed by atoms with Crippen LogP contribution in [0.5, 0.6) is 5.75 Å². The van der Waals surface area contributed by atoms with Crippen molar-refractivity contribution in [1.29, 1.82) is 0 Å². The van der Waals surface area contributed by atoms with E-state index in [-0.39, 0.29) is 11.9 Å². The Morgan fingerprint density at radius 3 is 2.52 bits per heavy atom. The molecular formula is C18H22ClN5O4S. The van der Waals surface area contributed by atoms with Gasteiger partial charge in [-0.3, -0.25) is 9.54 Å². The van der Waals surface area contributed by atoms with Gasteiger partial charge in [-0.2, -0.15) is 13.5 Å². The molecule has 0 bridgehead atoms. The van der Waals surface area contributed by atoms with Gasteiger partial charge in [0.25, 0.3) is 10.1 Å². The molecule has 0 saturated heterocycles. The van der Waals surface area contributed by atoms with E-state index in [2.05, 4.69) is 15.2 Å². The highest BCUT2D eigenvalue weighted by molar-refractivity contribution is 7.85. The number of nitrogens with two attached hydrogens (primary N) is 2. The molecule has 156 valence electrons. The Kier molecular flexibility index (Phi) is 7.54. The summed E-state index contributed by atoms with van der Waals surface area (Å²) in [5.41, 5.74) is 14.4. The Morgan fingerprint density at radius 1 is 1.28 bits per heavy atom. The van der Waals surface area contributed by atoms with Crippen LogP contribution in [-0.2, 0) is 16.5 Å². The Morgan fingerprint density at radius 2 is 1.93 bits per heavy atom. The van der Waals surface area contributed by atoms with Gasteiger partial charge in [-0.15, -0.1) is 5.10 Å². The van der Waals surface area contributed by atoms with E-state index in [1.807, 2.05) is 24.3 Å². The molecule has 0 amide bonds. The lowest BCUT2D eigenvalue weighted by Gasteiger charge is -2.26. The molecule has 9 nitrogen and oxygen atoms in total. The molecule has 5 N–H and O–H groups in total. The molecule has 11 heteroatoms. The summed E-state index contributed by atoms with van der Waals surface area (Å²) >= 11 is 6.37. The molecule has 0 saturated carbocycles. The number of hydrogen-bond donors (Lipinski definition) is 3. The number of guanidine groups is 1. The summed E-state index contributed by atoms with van der Waals surface area (Å²) in [6.07, 6.45) is 3.84. The maximum Gasteiger partial charge on any atom is 0.261 e. The SMILES string of the molecule is COc1ccnc2c1/C(=N\N=C(N)N)CC(c1ccccc1Cl)C2.CS(=O)(=O)O. The number of benzene rings is 1. The molecule has 0 spiro atoms. The topological polar surface area (TPSA) is 153 Å². The number of ether oxygens (including phenoxy) is 1. The van der Waals surface area contributed by atoms with Crippen LogP contribution in [-0.4, -0.2) is 43.0 Å². The van der Waals surface area contributed by atoms with E-state index in [1.165, 1.54) is 0 Å². The van der Waals surface area contributed by atoms with Gasteiger partial charge in [0.1, 0.15) is 5.75 Å². The molecule has 1 aliphatic rings. The van der Waals surface area contributed by atoms with Crippen LogP contribution >= 0.6 is 11.6 Å². The van der Waals surface area contributed by atoms with Crippen LogP contribution in [0.3, 0.4) is 0 Å². The highest BCUT2D eigenvalue weighted by atomic mass is 35.5. The van der Waals surface area contributed by atoms with E-state index < -0.39 is 10.1 Å². The Labute approximate surface area is 174 Å². The van der Waals surface area contributed by atoms with Gasteiger partial charge in [0.05, 0.1) is 30.3 Å². The highest BCUT2D eigenvalue weighted by Crippen LogP contribution is 2.38. The lowest BCUT2D eigenvalue weighted by atomic mass is 9.81. The van der Waals surface area contributed by atoms with E-state index in [0.717, 1.165) is 34.0 Å². The summed E-state index contributed by atoms with van der Waals surface area (Å²) in [5.74, 6) is 0.771. The number of aromatic nitrogens is 1. The van der Waals surface area contributed by atoms with Gasteiger partial charge in [-0.1, -0.05) is 29.8 Å². The lowest BCUT2D eigenvalue weighted by molar-refractivity contribution is 0.411. The second-order valence-electron chi connectivity index (χ2n) is 6.27. The first-order valence-electron chi connectivity index (χ1n) is 8.44. The minimum Gasteiger partial charge on any atom is -0.496 e. The van der Waals surface area contributed by atoms with E-state index in [4.69, 9.17) is 32.4 Å². The number of rotatable bonds is 3. The number of hydrogen-bond acceptors (Lipinski definition) is 6. The van der Waals surface area contributed by atoms with Gasteiger partial charge in [-0.25, -0.2) is 0 Å². The van der Waals surface area contributed by atoms with Crippen molar-refractivity contribution in [3.05, 3.63) is 58.4 Å². The smallest absolute Gasteiger partial charge is 0.261 e. The number of pyridine rings is 1. The molecule has 2 aromatic rings. The van der Waals surface area contributed by atoms with Crippen molar-refractivity contribution < 1.29 is 17.7 Å². The van der Waals surface area contributed by atoms with Crippen LogP contribution in [0.15, 0.2) is 46.7 Å². The first-order valence-corrected chi connectivity index (χ1v) is 10.7. The first-order chi connectivity index (χ1) is 13.6. The van der Waals surface area contributed by atoms with Crippen molar-refractivity contribution in [3.63, 3.8) is 0 Å². The van der Waals surface area contributed by atoms with Gasteiger partial charge in [0.2, 0.25) is 5.96 Å². The molecular weight excluding hydrogens is 418 g/mol. The standard InChI is InChI=1S/C17H18ClN5O.CH4O3S/c1-24-15-6-7-21-13-8-10(11-4-2-3-5-12(11)18)9-14(16(13)15)22-23-17(19)20;1-5(2,3)4/h2-7,10H,8-9H2,1H3,(H4,19,20,23);1H3,(H,2,3,4)/b22-14-;.